The first-order valence-electron chi connectivity index (χ1n) is 6.82. The maximum absolute atomic E-state index is 4.53. The second kappa shape index (κ2) is 5.71. The fourth-order valence-corrected chi connectivity index (χ4v) is 2.24. The Balaban J connectivity index is 2.02. The van der Waals surface area contributed by atoms with Gasteiger partial charge < -0.3 is 5.32 Å². The van der Waals surface area contributed by atoms with Gasteiger partial charge in [-0.15, -0.1) is 10.2 Å². The smallest absolute Gasteiger partial charge is 0.195 e. The molecule has 0 bridgehead atoms. The van der Waals surface area contributed by atoms with Gasteiger partial charge in [0.1, 0.15) is 0 Å². The molecule has 2 aromatic rings. The molecule has 1 aromatic heterocycles. The zero-order chi connectivity index (χ0) is 14.5. The molecule has 0 saturated carbocycles. The predicted octanol–water partition coefficient (Wildman–Crippen LogP) is 4.08. The number of azo groups is 1. The summed E-state index contributed by atoms with van der Waals surface area (Å²) < 4.78 is 0. The van der Waals surface area contributed by atoms with Crippen molar-refractivity contribution in [2.75, 3.05) is 0 Å². The largest absolute Gasteiger partial charge is 0.359 e. The number of aromatic nitrogens is 1. The van der Waals surface area contributed by atoms with Crippen molar-refractivity contribution in [2.45, 2.75) is 12.6 Å². The first-order chi connectivity index (χ1) is 10.3. The van der Waals surface area contributed by atoms with Gasteiger partial charge in [-0.1, -0.05) is 36.4 Å². The molecule has 1 atom stereocenters. The number of hydrogen-bond donors (Lipinski definition) is 1. The van der Waals surface area contributed by atoms with E-state index in [-0.39, 0.29) is 0 Å². The van der Waals surface area contributed by atoms with Crippen LogP contribution in [0, 0.1) is 0 Å². The van der Waals surface area contributed by atoms with Crippen molar-refractivity contribution < 1.29 is 0 Å². The maximum Gasteiger partial charge on any atom is 0.195 e. The second-order valence-electron chi connectivity index (χ2n) is 4.89. The minimum absolute atomic E-state index is 0.593. The number of nitrogens with one attached hydrogen (secondary N) is 1. The molecule has 0 spiro atoms. The van der Waals surface area contributed by atoms with Crippen LogP contribution in [0.2, 0.25) is 0 Å². The summed E-state index contributed by atoms with van der Waals surface area (Å²) in [6, 6.07) is 15.6. The average Bonchev–Trinajstić information content (AvgIpc) is 2.55. The molecule has 4 heteroatoms. The van der Waals surface area contributed by atoms with Gasteiger partial charge in [0.2, 0.25) is 0 Å². The van der Waals surface area contributed by atoms with E-state index in [1.54, 1.807) is 6.20 Å². The van der Waals surface area contributed by atoms with Crippen LogP contribution in [0.4, 0.5) is 5.82 Å². The van der Waals surface area contributed by atoms with E-state index in [1.807, 2.05) is 67.7 Å². The molecule has 1 N–H and O–H groups in total. The molecule has 21 heavy (non-hydrogen) atoms. The minimum Gasteiger partial charge on any atom is -0.359 e. The molecule has 0 aliphatic carbocycles. The van der Waals surface area contributed by atoms with Crippen molar-refractivity contribution in [3.05, 3.63) is 84.2 Å². The maximum atomic E-state index is 4.53. The van der Waals surface area contributed by atoms with E-state index < -0.39 is 5.66 Å². The van der Waals surface area contributed by atoms with Crippen molar-refractivity contribution in [3.8, 4) is 0 Å². The molecule has 104 valence electrons. The van der Waals surface area contributed by atoms with E-state index in [2.05, 4.69) is 26.6 Å². The fourth-order valence-electron chi connectivity index (χ4n) is 2.24. The van der Waals surface area contributed by atoms with E-state index in [0.29, 0.717) is 5.82 Å². The van der Waals surface area contributed by atoms with Gasteiger partial charge in [0.25, 0.3) is 0 Å². The summed E-state index contributed by atoms with van der Waals surface area (Å²) in [5.41, 5.74) is 1.49. The Morgan fingerprint density at radius 2 is 1.86 bits per heavy atom. The van der Waals surface area contributed by atoms with Crippen LogP contribution in [0.3, 0.4) is 0 Å². The summed E-state index contributed by atoms with van der Waals surface area (Å²) in [7, 11) is 0. The number of pyridine rings is 1. The number of rotatable bonds is 3. The zero-order valence-corrected chi connectivity index (χ0v) is 11.8. The summed E-state index contributed by atoms with van der Waals surface area (Å²) in [4.78, 5) is 4.18. The Bertz CT molecular complexity index is 689. The van der Waals surface area contributed by atoms with Crippen LogP contribution in [-0.2, 0) is 5.66 Å². The molecule has 1 aromatic carbocycles. The lowest BCUT2D eigenvalue weighted by Gasteiger charge is -2.29. The first kappa shape index (κ1) is 13.2. The highest BCUT2D eigenvalue weighted by atomic mass is 15.3. The summed E-state index contributed by atoms with van der Waals surface area (Å²) in [6.07, 6.45) is 7.69. The van der Waals surface area contributed by atoms with Crippen molar-refractivity contribution >= 4 is 5.82 Å². The topological polar surface area (TPSA) is 49.6 Å². The molecular formula is C17H16N4. The van der Waals surface area contributed by atoms with Gasteiger partial charge in [0.05, 0.1) is 0 Å². The predicted molar refractivity (Wildman–Crippen MR) is 82.9 cm³/mol. The molecule has 1 unspecified atom stereocenters. The monoisotopic (exact) mass is 276 g/mol. The molecular weight excluding hydrogens is 260 g/mol. The third kappa shape index (κ3) is 2.89. The Hall–Kier alpha value is -2.75. The Morgan fingerprint density at radius 3 is 2.57 bits per heavy atom. The number of allylic oxidation sites excluding steroid dienone is 2. The number of hydrogen-bond acceptors (Lipinski definition) is 4. The molecule has 0 amide bonds. The number of benzene rings is 1. The lowest BCUT2D eigenvalue weighted by Crippen LogP contribution is -2.37. The lowest BCUT2D eigenvalue weighted by atomic mass is 9.96. The Morgan fingerprint density at radius 1 is 1.05 bits per heavy atom. The Kier molecular flexibility index (Phi) is 3.60. The summed E-state index contributed by atoms with van der Waals surface area (Å²) in [5.74, 6) is 0.593. The van der Waals surface area contributed by atoms with Gasteiger partial charge in [0.15, 0.2) is 11.5 Å². The fraction of sp³-hybridized carbons (Fsp3) is 0.118. The van der Waals surface area contributed by atoms with Crippen molar-refractivity contribution in [1.82, 2.24) is 10.3 Å². The SMILES string of the molecule is CC1=CC(N=Nc2ccccn2)(c2ccccc2)NC=C1. The highest BCUT2D eigenvalue weighted by molar-refractivity contribution is 5.37. The van der Waals surface area contributed by atoms with Crippen LogP contribution in [-0.4, -0.2) is 4.98 Å². The van der Waals surface area contributed by atoms with Crippen molar-refractivity contribution in [3.63, 3.8) is 0 Å². The molecule has 1 aliphatic rings. The third-order valence-electron chi connectivity index (χ3n) is 3.26. The Labute approximate surface area is 124 Å². The number of dihydropyridines is 1. The molecule has 1 aliphatic heterocycles. The third-order valence-corrected chi connectivity index (χ3v) is 3.26. The van der Waals surface area contributed by atoms with E-state index in [4.69, 9.17) is 0 Å². The molecule has 4 nitrogen and oxygen atoms in total. The van der Waals surface area contributed by atoms with Crippen molar-refractivity contribution in [2.24, 2.45) is 10.2 Å². The number of nitrogens with zero attached hydrogens (tertiary/aromatic N) is 3. The summed E-state index contributed by atoms with van der Waals surface area (Å²) in [6.45, 7) is 2.05. The molecule has 2 heterocycles. The normalized spacial score (nSPS) is 21.1. The summed E-state index contributed by atoms with van der Waals surface area (Å²) in [5, 5.41) is 12.1. The van der Waals surface area contributed by atoms with Crippen LogP contribution in [0.5, 0.6) is 0 Å². The lowest BCUT2D eigenvalue weighted by molar-refractivity contribution is 0.469. The van der Waals surface area contributed by atoms with Gasteiger partial charge in [-0.05, 0) is 43.0 Å². The van der Waals surface area contributed by atoms with Crippen LogP contribution < -0.4 is 5.32 Å². The highest BCUT2D eigenvalue weighted by Crippen LogP contribution is 2.30. The van der Waals surface area contributed by atoms with Crippen molar-refractivity contribution in [1.29, 1.82) is 0 Å². The standard InChI is InChI=1S/C17H16N4/c1-14-10-12-19-17(13-14,15-7-3-2-4-8-15)21-20-16-9-5-6-11-18-16/h2-13,19H,1H3. The van der Waals surface area contributed by atoms with Crippen LogP contribution >= 0.6 is 0 Å². The average molecular weight is 276 g/mol. The van der Waals surface area contributed by atoms with E-state index in [1.165, 1.54) is 0 Å². The van der Waals surface area contributed by atoms with Gasteiger partial charge >= 0.3 is 0 Å². The molecule has 0 fully saturated rings. The van der Waals surface area contributed by atoms with Crippen LogP contribution in [0.1, 0.15) is 12.5 Å². The van der Waals surface area contributed by atoms with Crippen LogP contribution in [0.25, 0.3) is 0 Å². The molecule has 0 radical (unpaired) electrons. The molecule has 3 rings (SSSR count). The van der Waals surface area contributed by atoms with E-state index in [9.17, 15) is 0 Å². The van der Waals surface area contributed by atoms with Gasteiger partial charge in [-0.3, -0.25) is 0 Å². The second-order valence-corrected chi connectivity index (χ2v) is 4.89. The zero-order valence-electron chi connectivity index (χ0n) is 11.8. The van der Waals surface area contributed by atoms with Gasteiger partial charge in [-0.2, -0.15) is 0 Å². The quantitative estimate of drug-likeness (QED) is 0.859. The minimum atomic E-state index is -0.683. The highest BCUT2D eigenvalue weighted by Gasteiger charge is 2.30. The summed E-state index contributed by atoms with van der Waals surface area (Å²) >= 11 is 0. The van der Waals surface area contributed by atoms with Gasteiger partial charge in [-0.25, -0.2) is 4.98 Å². The first-order valence-corrected chi connectivity index (χ1v) is 6.82. The van der Waals surface area contributed by atoms with Gasteiger partial charge in [0, 0.05) is 11.8 Å². The van der Waals surface area contributed by atoms with E-state index in [0.717, 1.165) is 11.1 Å². The van der Waals surface area contributed by atoms with E-state index >= 15 is 0 Å². The molecule has 0 saturated heterocycles. The van der Waals surface area contributed by atoms with Crippen LogP contribution in [0.15, 0.2) is 88.9 Å².